The van der Waals surface area contributed by atoms with Gasteiger partial charge >= 0.3 is 0 Å². The lowest BCUT2D eigenvalue weighted by atomic mass is 9.68. The molecule has 0 bridgehead atoms. The normalized spacial score (nSPS) is 26.0. The van der Waals surface area contributed by atoms with Crippen LogP contribution in [0.2, 0.25) is 10.0 Å². The lowest BCUT2D eigenvalue weighted by Crippen LogP contribution is -2.31. The van der Waals surface area contributed by atoms with E-state index in [1.807, 2.05) is 12.1 Å². The van der Waals surface area contributed by atoms with Gasteiger partial charge in [-0.1, -0.05) is 71.4 Å². The summed E-state index contributed by atoms with van der Waals surface area (Å²) in [5, 5.41) is 2.41. The Hall–Kier alpha value is 0.280. The molecule has 1 fully saturated rings. The molecule has 1 aromatic rings. The second kappa shape index (κ2) is 8.22. The summed E-state index contributed by atoms with van der Waals surface area (Å²) < 4.78 is 0. The Morgan fingerprint density at radius 2 is 1.90 bits per heavy atom. The molecule has 0 N–H and O–H groups in total. The zero-order valence-electron chi connectivity index (χ0n) is 12.8. The zero-order valence-corrected chi connectivity index (χ0v) is 15.9. The van der Waals surface area contributed by atoms with Crippen molar-refractivity contribution in [2.45, 2.75) is 58.3 Å². The van der Waals surface area contributed by atoms with Crippen molar-refractivity contribution in [3.8, 4) is 0 Å². The molecular weight excluding hydrogens is 367 g/mol. The first-order valence-corrected chi connectivity index (χ1v) is 9.96. The zero-order chi connectivity index (χ0) is 15.3. The minimum absolute atomic E-state index is 0.403. The van der Waals surface area contributed by atoms with E-state index in [1.165, 1.54) is 50.5 Å². The smallest absolute Gasteiger partial charge is 0.0595 e. The number of halogens is 3. The molecule has 1 aromatic carbocycles. The summed E-state index contributed by atoms with van der Waals surface area (Å²) in [6, 6.07) is 6.09. The second-order valence-electron chi connectivity index (χ2n) is 6.64. The molecule has 0 aliphatic heterocycles. The van der Waals surface area contributed by atoms with Crippen LogP contribution < -0.4 is 0 Å². The van der Waals surface area contributed by atoms with E-state index in [1.54, 1.807) is 0 Å². The van der Waals surface area contributed by atoms with Gasteiger partial charge in [0, 0.05) is 5.33 Å². The fourth-order valence-corrected chi connectivity index (χ4v) is 4.59. The van der Waals surface area contributed by atoms with Crippen LogP contribution in [0.15, 0.2) is 18.2 Å². The fourth-order valence-electron chi connectivity index (χ4n) is 3.51. The minimum atomic E-state index is 0.403. The molecule has 21 heavy (non-hydrogen) atoms. The van der Waals surface area contributed by atoms with E-state index < -0.39 is 0 Å². The van der Waals surface area contributed by atoms with Crippen LogP contribution in [0, 0.1) is 11.3 Å². The van der Waals surface area contributed by atoms with Gasteiger partial charge in [0.15, 0.2) is 0 Å². The lowest BCUT2D eigenvalue weighted by Gasteiger charge is -2.39. The quantitative estimate of drug-likeness (QED) is 0.446. The van der Waals surface area contributed by atoms with Gasteiger partial charge in [0.05, 0.1) is 10.0 Å². The fraction of sp³-hybridized carbons (Fsp3) is 0.667. The van der Waals surface area contributed by atoms with Gasteiger partial charge in [0.25, 0.3) is 0 Å². The summed E-state index contributed by atoms with van der Waals surface area (Å²) in [6.07, 6.45) is 10.7. The molecule has 0 amide bonds. The van der Waals surface area contributed by atoms with Gasteiger partial charge in [-0.2, -0.15) is 0 Å². The highest BCUT2D eigenvalue weighted by molar-refractivity contribution is 9.09. The average Bonchev–Trinajstić information content (AvgIpc) is 2.50. The van der Waals surface area contributed by atoms with Crippen LogP contribution in [0.25, 0.3) is 0 Å². The van der Waals surface area contributed by atoms with Crippen molar-refractivity contribution in [1.82, 2.24) is 0 Å². The van der Waals surface area contributed by atoms with Crippen molar-refractivity contribution < 1.29 is 0 Å². The van der Waals surface area contributed by atoms with E-state index in [2.05, 4.69) is 28.9 Å². The molecule has 0 nitrogen and oxygen atoms in total. The number of benzene rings is 1. The highest BCUT2D eigenvalue weighted by atomic mass is 79.9. The number of rotatable bonds is 6. The maximum atomic E-state index is 6.16. The van der Waals surface area contributed by atoms with Crippen LogP contribution in [0.3, 0.4) is 0 Å². The van der Waals surface area contributed by atoms with E-state index in [0.29, 0.717) is 15.5 Å². The Kier molecular flexibility index (Phi) is 6.90. The Morgan fingerprint density at radius 1 is 1.19 bits per heavy atom. The number of hydrogen-bond donors (Lipinski definition) is 0. The molecule has 0 radical (unpaired) electrons. The molecule has 1 aliphatic carbocycles. The first-order valence-electron chi connectivity index (χ1n) is 8.08. The topological polar surface area (TPSA) is 0 Å². The highest BCUT2D eigenvalue weighted by Crippen LogP contribution is 2.44. The summed E-state index contributed by atoms with van der Waals surface area (Å²) in [5.41, 5.74) is 1.72. The number of hydrogen-bond acceptors (Lipinski definition) is 0. The van der Waals surface area contributed by atoms with E-state index in [-0.39, 0.29) is 0 Å². The molecule has 1 saturated carbocycles. The third-order valence-electron chi connectivity index (χ3n) is 4.98. The molecule has 0 aromatic heterocycles. The number of unbranched alkanes of at least 4 members (excludes halogenated alkanes) is 1. The first kappa shape index (κ1) is 17.6. The standard InChI is InChI=1S/C18H25BrCl2/c1-2-3-4-14-7-9-18(13-19,10-8-14)12-15-5-6-16(20)17(21)11-15/h5-6,11,14H,2-4,7-10,12-13H2,1H3. The largest absolute Gasteiger partial charge is 0.0922 e. The van der Waals surface area contributed by atoms with Crippen molar-refractivity contribution in [2.75, 3.05) is 5.33 Å². The summed E-state index contributed by atoms with van der Waals surface area (Å²) in [7, 11) is 0. The van der Waals surface area contributed by atoms with Crippen LogP contribution >= 0.6 is 39.1 Å². The van der Waals surface area contributed by atoms with Gasteiger partial charge in [-0.05, 0) is 61.1 Å². The Balaban J connectivity index is 1.98. The minimum Gasteiger partial charge on any atom is -0.0922 e. The Morgan fingerprint density at radius 3 is 2.48 bits per heavy atom. The van der Waals surface area contributed by atoms with Crippen LogP contribution in [-0.4, -0.2) is 5.33 Å². The Labute approximate surface area is 147 Å². The summed E-state index contributed by atoms with van der Waals surface area (Å²) in [5.74, 6) is 0.950. The van der Waals surface area contributed by atoms with Gasteiger partial charge in [-0.25, -0.2) is 0 Å². The van der Waals surface area contributed by atoms with Crippen LogP contribution in [0.1, 0.15) is 57.4 Å². The summed E-state index contributed by atoms with van der Waals surface area (Å²) in [6.45, 7) is 2.29. The van der Waals surface area contributed by atoms with Crippen LogP contribution in [0.5, 0.6) is 0 Å². The predicted octanol–water partition coefficient (Wildman–Crippen LogP) is 7.30. The van der Waals surface area contributed by atoms with Crippen molar-refractivity contribution >= 4 is 39.1 Å². The summed E-state index contributed by atoms with van der Waals surface area (Å²) >= 11 is 15.9. The van der Waals surface area contributed by atoms with Crippen molar-refractivity contribution in [2.24, 2.45) is 11.3 Å². The molecular formula is C18H25BrCl2. The highest BCUT2D eigenvalue weighted by Gasteiger charge is 2.34. The van der Waals surface area contributed by atoms with Crippen molar-refractivity contribution in [3.05, 3.63) is 33.8 Å². The molecule has 2 rings (SSSR count). The van der Waals surface area contributed by atoms with Crippen molar-refractivity contribution in [3.63, 3.8) is 0 Å². The second-order valence-corrected chi connectivity index (χ2v) is 8.02. The number of alkyl halides is 1. The van der Waals surface area contributed by atoms with E-state index in [9.17, 15) is 0 Å². The van der Waals surface area contributed by atoms with Crippen LogP contribution in [-0.2, 0) is 6.42 Å². The van der Waals surface area contributed by atoms with Gasteiger partial charge in [0.1, 0.15) is 0 Å². The SMILES string of the molecule is CCCCC1CCC(CBr)(Cc2ccc(Cl)c(Cl)c2)CC1. The molecule has 0 atom stereocenters. The van der Waals surface area contributed by atoms with E-state index in [4.69, 9.17) is 23.2 Å². The molecule has 118 valence electrons. The summed E-state index contributed by atoms with van der Waals surface area (Å²) in [4.78, 5) is 0. The van der Waals surface area contributed by atoms with Gasteiger partial charge in [-0.15, -0.1) is 0 Å². The third kappa shape index (κ3) is 4.88. The molecule has 3 heteroatoms. The van der Waals surface area contributed by atoms with Crippen molar-refractivity contribution in [1.29, 1.82) is 0 Å². The van der Waals surface area contributed by atoms with Gasteiger partial charge in [-0.3, -0.25) is 0 Å². The average molecular weight is 392 g/mol. The third-order valence-corrected chi connectivity index (χ3v) is 6.91. The van der Waals surface area contributed by atoms with E-state index in [0.717, 1.165) is 17.7 Å². The maximum absolute atomic E-state index is 6.16. The monoisotopic (exact) mass is 390 g/mol. The molecule has 0 unspecified atom stereocenters. The lowest BCUT2D eigenvalue weighted by molar-refractivity contribution is 0.168. The molecule has 0 saturated heterocycles. The maximum Gasteiger partial charge on any atom is 0.0595 e. The van der Waals surface area contributed by atoms with Gasteiger partial charge < -0.3 is 0 Å². The first-order chi connectivity index (χ1) is 10.1. The van der Waals surface area contributed by atoms with Crippen LogP contribution in [0.4, 0.5) is 0 Å². The predicted molar refractivity (Wildman–Crippen MR) is 97.9 cm³/mol. The van der Waals surface area contributed by atoms with Gasteiger partial charge in [0.2, 0.25) is 0 Å². The Bertz CT molecular complexity index is 451. The van der Waals surface area contributed by atoms with E-state index >= 15 is 0 Å². The molecule has 1 aliphatic rings. The molecule has 0 heterocycles. The molecule has 0 spiro atoms.